The van der Waals surface area contributed by atoms with Crippen LogP contribution in [0, 0.1) is 13.8 Å². The average Bonchev–Trinajstić information content (AvgIpc) is 2.93. The third-order valence-electron chi connectivity index (χ3n) is 3.09. The van der Waals surface area contributed by atoms with Crippen molar-refractivity contribution in [1.82, 2.24) is 15.3 Å². The number of guanidine groups is 1. The maximum atomic E-state index is 4.55. The first-order valence-electron chi connectivity index (χ1n) is 5.75. The molecular weight excluding hydrogens is 214 g/mol. The van der Waals surface area contributed by atoms with E-state index in [1.54, 1.807) is 0 Å². The number of anilines is 1. The van der Waals surface area contributed by atoms with Crippen LogP contribution in [-0.2, 0) is 0 Å². The summed E-state index contributed by atoms with van der Waals surface area (Å²) in [5.74, 6) is 1.53. The van der Waals surface area contributed by atoms with Crippen LogP contribution in [-0.4, -0.2) is 29.0 Å². The minimum Gasteiger partial charge on any atom is -0.354 e. The maximum absolute atomic E-state index is 4.55. The van der Waals surface area contributed by atoms with Gasteiger partial charge in [-0.25, -0.2) is 4.98 Å². The molecule has 1 aromatic heterocycles. The third-order valence-corrected chi connectivity index (χ3v) is 3.09. The Labute approximate surface area is 99.4 Å². The van der Waals surface area contributed by atoms with Gasteiger partial charge in [0.1, 0.15) is 0 Å². The summed E-state index contributed by atoms with van der Waals surface area (Å²) >= 11 is 0. The Balaban J connectivity index is 1.99. The van der Waals surface area contributed by atoms with Crippen molar-refractivity contribution >= 4 is 22.9 Å². The molecule has 3 rings (SSSR count). The summed E-state index contributed by atoms with van der Waals surface area (Å²) in [4.78, 5) is 12.1. The summed E-state index contributed by atoms with van der Waals surface area (Å²) in [5, 5.41) is 6.30. The summed E-state index contributed by atoms with van der Waals surface area (Å²) in [6.07, 6.45) is 0. The van der Waals surface area contributed by atoms with Crippen LogP contribution in [0.2, 0.25) is 0 Å². The number of hydrogen-bond donors (Lipinski definition) is 3. The van der Waals surface area contributed by atoms with Crippen LogP contribution in [0.15, 0.2) is 17.1 Å². The number of benzene rings is 1. The van der Waals surface area contributed by atoms with E-state index in [1.807, 2.05) is 0 Å². The molecule has 1 aliphatic rings. The summed E-state index contributed by atoms with van der Waals surface area (Å²) < 4.78 is 0. The molecule has 2 heterocycles. The van der Waals surface area contributed by atoms with Crippen molar-refractivity contribution in [2.24, 2.45) is 4.99 Å². The lowest BCUT2D eigenvalue weighted by molar-refractivity contribution is 0.958. The van der Waals surface area contributed by atoms with Gasteiger partial charge in [0.2, 0.25) is 5.95 Å². The molecule has 17 heavy (non-hydrogen) atoms. The van der Waals surface area contributed by atoms with Gasteiger partial charge in [-0.2, -0.15) is 0 Å². The Bertz CT molecular complexity index is 596. The Morgan fingerprint density at radius 2 is 2.18 bits per heavy atom. The van der Waals surface area contributed by atoms with Crippen molar-refractivity contribution < 1.29 is 0 Å². The van der Waals surface area contributed by atoms with E-state index in [0.29, 0.717) is 0 Å². The zero-order valence-corrected chi connectivity index (χ0v) is 9.96. The number of rotatable bonds is 1. The molecule has 5 heteroatoms. The maximum Gasteiger partial charge on any atom is 0.208 e. The smallest absolute Gasteiger partial charge is 0.208 e. The third kappa shape index (κ3) is 1.73. The van der Waals surface area contributed by atoms with E-state index in [-0.39, 0.29) is 0 Å². The van der Waals surface area contributed by atoms with E-state index < -0.39 is 0 Å². The largest absolute Gasteiger partial charge is 0.354 e. The number of nitrogens with zero attached hydrogens (tertiary/aromatic N) is 2. The second kappa shape index (κ2) is 3.76. The highest BCUT2D eigenvalue weighted by Gasteiger charge is 2.10. The lowest BCUT2D eigenvalue weighted by Crippen LogP contribution is -2.26. The molecule has 0 saturated heterocycles. The van der Waals surface area contributed by atoms with Crippen molar-refractivity contribution in [3.05, 3.63) is 23.3 Å². The monoisotopic (exact) mass is 229 g/mol. The predicted molar refractivity (Wildman–Crippen MR) is 69.5 cm³/mol. The minimum absolute atomic E-state index is 0.738. The van der Waals surface area contributed by atoms with Crippen LogP contribution in [0.1, 0.15) is 11.1 Å². The summed E-state index contributed by atoms with van der Waals surface area (Å²) in [6, 6.07) is 4.16. The molecule has 0 fully saturated rings. The molecule has 3 N–H and O–H groups in total. The molecule has 2 aromatic rings. The zero-order chi connectivity index (χ0) is 11.8. The fourth-order valence-corrected chi connectivity index (χ4v) is 1.97. The molecule has 1 aromatic carbocycles. The quantitative estimate of drug-likeness (QED) is 0.695. The Morgan fingerprint density at radius 1 is 1.29 bits per heavy atom. The Kier molecular flexibility index (Phi) is 2.24. The van der Waals surface area contributed by atoms with Crippen LogP contribution in [0.4, 0.5) is 5.95 Å². The van der Waals surface area contributed by atoms with Gasteiger partial charge in [-0.1, -0.05) is 6.07 Å². The highest BCUT2D eigenvalue weighted by molar-refractivity contribution is 5.94. The van der Waals surface area contributed by atoms with Crippen LogP contribution >= 0.6 is 0 Å². The SMILES string of the molecule is Cc1ccc2[nH]c(NC3=NCCN3)nc2c1C. The van der Waals surface area contributed by atoms with Crippen LogP contribution < -0.4 is 10.6 Å². The van der Waals surface area contributed by atoms with Gasteiger partial charge in [0.25, 0.3) is 0 Å². The van der Waals surface area contributed by atoms with Crippen molar-refractivity contribution in [3.63, 3.8) is 0 Å². The molecule has 0 spiro atoms. The first-order valence-corrected chi connectivity index (χ1v) is 5.75. The molecule has 1 aliphatic heterocycles. The molecule has 0 unspecified atom stereocenters. The Morgan fingerprint density at radius 3 is 2.94 bits per heavy atom. The molecule has 0 amide bonds. The molecule has 88 valence electrons. The summed E-state index contributed by atoms with van der Waals surface area (Å²) in [6.45, 7) is 5.90. The van der Waals surface area contributed by atoms with Crippen molar-refractivity contribution in [1.29, 1.82) is 0 Å². The van der Waals surface area contributed by atoms with Gasteiger partial charge in [-0.05, 0) is 31.0 Å². The fourth-order valence-electron chi connectivity index (χ4n) is 1.97. The lowest BCUT2D eigenvalue weighted by Gasteiger charge is -2.01. The number of aromatic amines is 1. The van der Waals surface area contributed by atoms with Gasteiger partial charge in [-0.15, -0.1) is 0 Å². The molecule has 0 aliphatic carbocycles. The van der Waals surface area contributed by atoms with Gasteiger partial charge < -0.3 is 10.3 Å². The fraction of sp³-hybridized carbons (Fsp3) is 0.333. The summed E-state index contributed by atoms with van der Waals surface area (Å²) in [5.41, 5.74) is 4.54. The highest BCUT2D eigenvalue weighted by Crippen LogP contribution is 2.20. The second-order valence-electron chi connectivity index (χ2n) is 4.27. The van der Waals surface area contributed by atoms with E-state index in [9.17, 15) is 0 Å². The van der Waals surface area contributed by atoms with Crippen LogP contribution in [0.25, 0.3) is 11.0 Å². The molecule has 0 saturated carbocycles. The number of fused-ring (bicyclic) bond motifs is 1. The summed E-state index contributed by atoms with van der Waals surface area (Å²) in [7, 11) is 0. The van der Waals surface area contributed by atoms with Gasteiger partial charge in [-0.3, -0.25) is 10.3 Å². The molecule has 0 bridgehead atoms. The number of aliphatic imine (C=N–C) groups is 1. The first-order chi connectivity index (χ1) is 8.24. The van der Waals surface area contributed by atoms with Crippen LogP contribution in [0.5, 0.6) is 0 Å². The number of aryl methyl sites for hydroxylation is 2. The number of aromatic nitrogens is 2. The second-order valence-corrected chi connectivity index (χ2v) is 4.27. The Hall–Kier alpha value is -2.04. The molecule has 5 nitrogen and oxygen atoms in total. The van der Waals surface area contributed by atoms with Crippen molar-refractivity contribution in [2.45, 2.75) is 13.8 Å². The van der Waals surface area contributed by atoms with Gasteiger partial charge in [0.15, 0.2) is 5.96 Å². The molecular formula is C12H15N5. The van der Waals surface area contributed by atoms with E-state index in [4.69, 9.17) is 0 Å². The van der Waals surface area contributed by atoms with E-state index in [1.165, 1.54) is 11.1 Å². The highest BCUT2D eigenvalue weighted by atomic mass is 15.3. The minimum atomic E-state index is 0.738. The predicted octanol–water partition coefficient (Wildman–Crippen LogP) is 1.55. The van der Waals surface area contributed by atoms with Gasteiger partial charge >= 0.3 is 0 Å². The van der Waals surface area contributed by atoms with E-state index in [0.717, 1.165) is 36.0 Å². The van der Waals surface area contributed by atoms with E-state index in [2.05, 4.69) is 51.6 Å². The van der Waals surface area contributed by atoms with E-state index >= 15 is 0 Å². The van der Waals surface area contributed by atoms with Crippen molar-refractivity contribution in [2.75, 3.05) is 18.4 Å². The molecule has 0 atom stereocenters. The number of nitrogens with one attached hydrogen (secondary N) is 3. The van der Waals surface area contributed by atoms with Gasteiger partial charge in [0.05, 0.1) is 17.6 Å². The lowest BCUT2D eigenvalue weighted by atomic mass is 10.1. The topological polar surface area (TPSA) is 65.1 Å². The van der Waals surface area contributed by atoms with Crippen LogP contribution in [0.3, 0.4) is 0 Å². The molecule has 0 radical (unpaired) electrons. The first kappa shape index (κ1) is 10.1. The number of hydrogen-bond acceptors (Lipinski definition) is 4. The normalized spacial score (nSPS) is 14.8. The average molecular weight is 229 g/mol. The van der Waals surface area contributed by atoms with Crippen molar-refractivity contribution in [3.8, 4) is 0 Å². The zero-order valence-electron chi connectivity index (χ0n) is 9.96. The standard InChI is InChI=1S/C12H15N5/c1-7-3-4-9-10(8(7)2)16-12(15-9)17-11-13-5-6-14-11/h3-4H,5-6H2,1-2H3,(H3,13,14,15,16,17). The number of H-pyrrole nitrogens is 1. The van der Waals surface area contributed by atoms with Gasteiger partial charge in [0, 0.05) is 6.54 Å². The number of imidazole rings is 1.